The van der Waals surface area contributed by atoms with Crippen LogP contribution in [0.15, 0.2) is 54.6 Å². The minimum absolute atomic E-state index is 0.172. The van der Waals surface area contributed by atoms with Gasteiger partial charge in [-0.05, 0) is 30.3 Å². The standard InChI is InChI=1S/C17H13Cl3F3N3O3/c18-16(19,20)13(29-15(28)25-11-6-2-1-3-7-11)26-14(27)24-12-8-4-5-10(9-12)17(21,22)23/h1-9,13H,(H,25,28)(H2,24,26,27). The van der Waals surface area contributed by atoms with E-state index in [4.69, 9.17) is 39.5 Å². The predicted molar refractivity (Wildman–Crippen MR) is 104 cm³/mol. The van der Waals surface area contributed by atoms with Gasteiger partial charge in [0.2, 0.25) is 10.0 Å². The summed E-state index contributed by atoms with van der Waals surface area (Å²) in [5.74, 6) is 0. The summed E-state index contributed by atoms with van der Waals surface area (Å²) < 4.78 is 40.9. The second kappa shape index (κ2) is 9.43. The Labute approximate surface area is 178 Å². The van der Waals surface area contributed by atoms with Crippen LogP contribution in [0.3, 0.4) is 0 Å². The topological polar surface area (TPSA) is 79.5 Å². The van der Waals surface area contributed by atoms with Crippen molar-refractivity contribution in [2.45, 2.75) is 16.2 Å². The number of nitrogens with one attached hydrogen (secondary N) is 3. The van der Waals surface area contributed by atoms with Crippen LogP contribution in [0.4, 0.5) is 34.1 Å². The first-order valence-corrected chi connectivity index (χ1v) is 8.93. The van der Waals surface area contributed by atoms with Crippen LogP contribution in [0, 0.1) is 0 Å². The van der Waals surface area contributed by atoms with E-state index in [0.29, 0.717) is 11.8 Å². The zero-order valence-electron chi connectivity index (χ0n) is 14.3. The second-order valence-corrected chi connectivity index (χ2v) is 7.86. The molecule has 2 aromatic carbocycles. The third-order valence-electron chi connectivity index (χ3n) is 3.25. The molecule has 12 heteroatoms. The average Bonchev–Trinajstić information content (AvgIpc) is 2.60. The molecule has 2 rings (SSSR count). The molecule has 0 saturated carbocycles. The lowest BCUT2D eigenvalue weighted by Gasteiger charge is -2.25. The minimum Gasteiger partial charge on any atom is -0.421 e. The summed E-state index contributed by atoms with van der Waals surface area (Å²) in [6.07, 6.45) is -7.37. The van der Waals surface area contributed by atoms with Gasteiger partial charge in [0, 0.05) is 11.4 Å². The molecule has 0 aliphatic heterocycles. The van der Waals surface area contributed by atoms with Crippen LogP contribution >= 0.6 is 34.8 Å². The highest BCUT2D eigenvalue weighted by atomic mass is 35.6. The van der Waals surface area contributed by atoms with E-state index >= 15 is 0 Å². The molecule has 0 heterocycles. The first-order chi connectivity index (χ1) is 13.4. The maximum Gasteiger partial charge on any atom is 0.416 e. The van der Waals surface area contributed by atoms with Crippen LogP contribution in [0.2, 0.25) is 0 Å². The molecule has 0 aromatic heterocycles. The van der Waals surface area contributed by atoms with Gasteiger partial charge in [-0.1, -0.05) is 59.1 Å². The zero-order valence-corrected chi connectivity index (χ0v) is 16.5. The number of carbonyl (C=O) groups excluding carboxylic acids is 2. The smallest absolute Gasteiger partial charge is 0.416 e. The number of alkyl halides is 6. The van der Waals surface area contributed by atoms with Crippen molar-refractivity contribution in [3.63, 3.8) is 0 Å². The molecule has 1 unspecified atom stereocenters. The lowest BCUT2D eigenvalue weighted by atomic mass is 10.2. The molecule has 156 valence electrons. The maximum absolute atomic E-state index is 12.7. The molecule has 3 N–H and O–H groups in total. The Morgan fingerprint density at radius 1 is 0.897 bits per heavy atom. The van der Waals surface area contributed by atoms with Gasteiger partial charge in [-0.3, -0.25) is 10.6 Å². The molecule has 2 aromatic rings. The van der Waals surface area contributed by atoms with Gasteiger partial charge in [-0.2, -0.15) is 13.2 Å². The summed E-state index contributed by atoms with van der Waals surface area (Å²) in [4.78, 5) is 24.0. The summed E-state index contributed by atoms with van der Waals surface area (Å²) in [5.41, 5.74) is -0.755. The maximum atomic E-state index is 12.7. The lowest BCUT2D eigenvalue weighted by molar-refractivity contribution is -0.137. The molecule has 1 atom stereocenters. The monoisotopic (exact) mass is 469 g/mol. The Balaban J connectivity index is 2.02. The SMILES string of the molecule is O=C(Nc1cccc(C(F)(F)F)c1)NC(OC(=O)Nc1ccccc1)C(Cl)(Cl)Cl. The Bertz CT molecular complexity index is 861. The number of ether oxygens (including phenoxy) is 1. The van der Waals surface area contributed by atoms with Crippen LogP contribution < -0.4 is 16.0 Å². The molecular weight excluding hydrogens is 458 g/mol. The fraction of sp³-hybridized carbons (Fsp3) is 0.176. The largest absolute Gasteiger partial charge is 0.421 e. The third-order valence-corrected chi connectivity index (χ3v) is 3.85. The number of amides is 3. The molecule has 0 bridgehead atoms. The van der Waals surface area contributed by atoms with E-state index in [-0.39, 0.29) is 5.69 Å². The Hall–Kier alpha value is -2.36. The van der Waals surface area contributed by atoms with Crippen molar-refractivity contribution in [2.75, 3.05) is 10.6 Å². The number of para-hydroxylation sites is 1. The molecule has 29 heavy (non-hydrogen) atoms. The fourth-order valence-electron chi connectivity index (χ4n) is 2.01. The van der Waals surface area contributed by atoms with Crippen LogP contribution in [-0.4, -0.2) is 22.1 Å². The van der Waals surface area contributed by atoms with E-state index in [1.807, 2.05) is 0 Å². The normalized spacial score (nSPS) is 12.6. The summed E-state index contributed by atoms with van der Waals surface area (Å²) >= 11 is 17.1. The van der Waals surface area contributed by atoms with Gasteiger partial charge in [-0.25, -0.2) is 9.59 Å². The van der Waals surface area contributed by atoms with Crippen molar-refractivity contribution < 1.29 is 27.5 Å². The predicted octanol–water partition coefficient (Wildman–Crippen LogP) is 5.77. The number of hydrogen-bond donors (Lipinski definition) is 3. The van der Waals surface area contributed by atoms with Crippen molar-refractivity contribution >= 4 is 58.3 Å². The highest BCUT2D eigenvalue weighted by Crippen LogP contribution is 2.32. The van der Waals surface area contributed by atoms with Gasteiger partial charge in [0.25, 0.3) is 0 Å². The lowest BCUT2D eigenvalue weighted by Crippen LogP contribution is -2.49. The van der Waals surface area contributed by atoms with Crippen molar-refractivity contribution in [2.24, 2.45) is 0 Å². The van der Waals surface area contributed by atoms with Gasteiger partial charge < -0.3 is 10.1 Å². The van der Waals surface area contributed by atoms with Crippen molar-refractivity contribution in [1.29, 1.82) is 0 Å². The van der Waals surface area contributed by atoms with E-state index in [2.05, 4.69) is 16.0 Å². The molecule has 0 radical (unpaired) electrons. The Morgan fingerprint density at radius 2 is 1.52 bits per heavy atom. The molecule has 0 spiro atoms. The van der Waals surface area contributed by atoms with Gasteiger partial charge in [0.05, 0.1) is 5.56 Å². The van der Waals surface area contributed by atoms with E-state index in [1.54, 1.807) is 30.3 Å². The number of anilines is 2. The average molecular weight is 471 g/mol. The fourth-order valence-corrected chi connectivity index (χ4v) is 2.31. The highest BCUT2D eigenvalue weighted by molar-refractivity contribution is 6.68. The molecule has 0 aliphatic carbocycles. The number of hydrogen-bond acceptors (Lipinski definition) is 3. The molecule has 3 amide bonds. The summed E-state index contributed by atoms with van der Waals surface area (Å²) in [7, 11) is 0. The van der Waals surface area contributed by atoms with Gasteiger partial charge in [0.15, 0.2) is 0 Å². The summed E-state index contributed by atoms with van der Waals surface area (Å²) in [5, 5.41) is 6.57. The Morgan fingerprint density at radius 3 is 2.10 bits per heavy atom. The first kappa shape index (κ1) is 22.9. The summed E-state index contributed by atoms with van der Waals surface area (Å²) in [6.45, 7) is 0. The minimum atomic E-state index is -4.59. The van der Waals surface area contributed by atoms with Crippen molar-refractivity contribution in [1.82, 2.24) is 5.32 Å². The molecule has 0 aliphatic rings. The number of rotatable bonds is 4. The van der Waals surface area contributed by atoms with Crippen LogP contribution in [0.25, 0.3) is 0 Å². The molecule has 0 fully saturated rings. The van der Waals surface area contributed by atoms with Crippen LogP contribution in [0.5, 0.6) is 0 Å². The molecule has 0 saturated heterocycles. The van der Waals surface area contributed by atoms with Crippen LogP contribution in [-0.2, 0) is 10.9 Å². The quantitative estimate of drug-likeness (QED) is 0.392. The van der Waals surface area contributed by atoms with Crippen molar-refractivity contribution in [3.8, 4) is 0 Å². The Kier molecular flexibility index (Phi) is 7.45. The van der Waals surface area contributed by atoms with Crippen molar-refractivity contribution in [3.05, 3.63) is 60.2 Å². The first-order valence-electron chi connectivity index (χ1n) is 7.79. The summed E-state index contributed by atoms with van der Waals surface area (Å²) in [6, 6.07) is 11.0. The van der Waals surface area contributed by atoms with E-state index in [9.17, 15) is 22.8 Å². The third kappa shape index (κ3) is 7.52. The van der Waals surface area contributed by atoms with E-state index < -0.39 is 33.9 Å². The van der Waals surface area contributed by atoms with Gasteiger partial charge in [0.1, 0.15) is 0 Å². The highest BCUT2D eigenvalue weighted by Gasteiger charge is 2.38. The number of halogens is 6. The number of carbonyl (C=O) groups is 2. The number of benzene rings is 2. The molecular formula is C17H13Cl3F3N3O3. The van der Waals surface area contributed by atoms with Gasteiger partial charge in [-0.15, -0.1) is 0 Å². The van der Waals surface area contributed by atoms with E-state index in [1.165, 1.54) is 6.07 Å². The van der Waals surface area contributed by atoms with E-state index in [0.717, 1.165) is 12.1 Å². The number of urea groups is 1. The van der Waals surface area contributed by atoms with Crippen LogP contribution in [0.1, 0.15) is 5.56 Å². The second-order valence-electron chi connectivity index (χ2n) is 5.50. The molecule has 6 nitrogen and oxygen atoms in total. The zero-order chi connectivity index (χ0) is 21.7. The van der Waals surface area contributed by atoms with Gasteiger partial charge >= 0.3 is 18.3 Å².